The fraction of sp³-hybridized carbons (Fsp3) is 0.647. The molecule has 1 aliphatic rings. The van der Waals surface area contributed by atoms with Gasteiger partial charge in [0.15, 0.2) is 0 Å². The molecular formula is C17H27NO. The van der Waals surface area contributed by atoms with Gasteiger partial charge in [0.25, 0.3) is 0 Å². The first-order valence-electron chi connectivity index (χ1n) is 7.59. The van der Waals surface area contributed by atoms with E-state index >= 15 is 0 Å². The Bertz CT molecular complexity index is 416. The summed E-state index contributed by atoms with van der Waals surface area (Å²) < 4.78 is 0. The molecule has 2 N–H and O–H groups in total. The summed E-state index contributed by atoms with van der Waals surface area (Å²) in [5.41, 5.74) is 2.11. The zero-order valence-corrected chi connectivity index (χ0v) is 12.4. The predicted octanol–water partition coefficient (Wildman–Crippen LogP) is 4.18. The van der Waals surface area contributed by atoms with Gasteiger partial charge in [-0.2, -0.15) is 0 Å². The lowest BCUT2D eigenvalue weighted by Crippen LogP contribution is -2.28. The molecule has 1 fully saturated rings. The Morgan fingerprint density at radius 3 is 2.84 bits per heavy atom. The van der Waals surface area contributed by atoms with Crippen molar-refractivity contribution in [3.63, 3.8) is 0 Å². The molecule has 0 heterocycles. The van der Waals surface area contributed by atoms with E-state index in [1.165, 1.54) is 25.7 Å². The number of benzene rings is 1. The first-order valence-corrected chi connectivity index (χ1v) is 7.59. The highest BCUT2D eigenvalue weighted by Gasteiger charge is 2.19. The van der Waals surface area contributed by atoms with Crippen LogP contribution >= 0.6 is 0 Å². The molecule has 0 amide bonds. The number of nitrogens with one attached hydrogen (secondary N) is 1. The molecule has 106 valence electrons. The van der Waals surface area contributed by atoms with Gasteiger partial charge in [-0.1, -0.05) is 31.9 Å². The van der Waals surface area contributed by atoms with Crippen LogP contribution in [-0.4, -0.2) is 11.7 Å². The van der Waals surface area contributed by atoms with Crippen molar-refractivity contribution in [1.82, 2.24) is 5.32 Å². The summed E-state index contributed by atoms with van der Waals surface area (Å²) in [5.74, 6) is 2.10. The number of aromatic hydroxyl groups is 1. The van der Waals surface area contributed by atoms with Gasteiger partial charge in [-0.15, -0.1) is 0 Å². The average molecular weight is 261 g/mol. The summed E-state index contributed by atoms with van der Waals surface area (Å²) in [6.07, 6.45) is 5.46. The lowest BCUT2D eigenvalue weighted by Gasteiger charge is -2.28. The first kappa shape index (κ1) is 14.4. The third kappa shape index (κ3) is 3.97. The topological polar surface area (TPSA) is 32.3 Å². The van der Waals surface area contributed by atoms with Crippen molar-refractivity contribution in [2.24, 2.45) is 11.8 Å². The van der Waals surface area contributed by atoms with Crippen molar-refractivity contribution in [2.75, 3.05) is 6.54 Å². The van der Waals surface area contributed by atoms with Crippen LogP contribution < -0.4 is 5.32 Å². The van der Waals surface area contributed by atoms with Crippen LogP contribution in [0.2, 0.25) is 0 Å². The molecule has 0 bridgehead atoms. The molecule has 3 unspecified atom stereocenters. The second-order valence-electron chi connectivity index (χ2n) is 6.33. The van der Waals surface area contributed by atoms with E-state index in [1.54, 1.807) is 0 Å². The monoisotopic (exact) mass is 261 g/mol. The quantitative estimate of drug-likeness (QED) is 0.852. The van der Waals surface area contributed by atoms with E-state index in [9.17, 15) is 5.11 Å². The summed E-state index contributed by atoms with van der Waals surface area (Å²) in [4.78, 5) is 0. The van der Waals surface area contributed by atoms with E-state index in [4.69, 9.17) is 0 Å². The fourth-order valence-corrected chi connectivity index (χ4v) is 3.22. The lowest BCUT2D eigenvalue weighted by molar-refractivity contribution is 0.268. The van der Waals surface area contributed by atoms with Crippen molar-refractivity contribution in [3.05, 3.63) is 29.3 Å². The number of phenolic OH excluding ortho intramolecular Hbond substituents is 1. The lowest BCUT2D eigenvalue weighted by atomic mass is 9.82. The Morgan fingerprint density at radius 2 is 2.16 bits per heavy atom. The van der Waals surface area contributed by atoms with Gasteiger partial charge in [0.2, 0.25) is 0 Å². The van der Waals surface area contributed by atoms with Crippen LogP contribution in [0.5, 0.6) is 5.75 Å². The van der Waals surface area contributed by atoms with E-state index in [0.29, 0.717) is 5.75 Å². The molecule has 19 heavy (non-hydrogen) atoms. The van der Waals surface area contributed by atoms with Gasteiger partial charge in [-0.3, -0.25) is 0 Å². The fourth-order valence-electron chi connectivity index (χ4n) is 3.22. The zero-order chi connectivity index (χ0) is 13.8. The Labute approximate surface area is 117 Å². The van der Waals surface area contributed by atoms with Crippen molar-refractivity contribution >= 4 is 0 Å². The minimum absolute atomic E-state index is 0.220. The summed E-state index contributed by atoms with van der Waals surface area (Å²) in [6.45, 7) is 7.57. The number of phenols is 1. The molecule has 2 rings (SSSR count). The van der Waals surface area contributed by atoms with Crippen LogP contribution in [0.3, 0.4) is 0 Å². The van der Waals surface area contributed by atoms with Crippen LogP contribution in [0.25, 0.3) is 0 Å². The minimum atomic E-state index is 0.220. The molecule has 0 aliphatic heterocycles. The van der Waals surface area contributed by atoms with Gasteiger partial charge in [0.05, 0.1) is 0 Å². The second kappa shape index (κ2) is 6.42. The van der Waals surface area contributed by atoms with Crippen LogP contribution in [0.15, 0.2) is 18.2 Å². The van der Waals surface area contributed by atoms with Gasteiger partial charge < -0.3 is 10.4 Å². The van der Waals surface area contributed by atoms with Gasteiger partial charge >= 0.3 is 0 Å². The highest BCUT2D eigenvalue weighted by atomic mass is 16.3. The average Bonchev–Trinajstić information content (AvgIpc) is 2.36. The second-order valence-corrected chi connectivity index (χ2v) is 6.33. The Morgan fingerprint density at radius 1 is 1.37 bits per heavy atom. The summed E-state index contributed by atoms with van der Waals surface area (Å²) in [6, 6.07) is 6.16. The van der Waals surface area contributed by atoms with Crippen molar-refractivity contribution in [3.8, 4) is 5.75 Å². The summed E-state index contributed by atoms with van der Waals surface area (Å²) in [7, 11) is 0. The van der Waals surface area contributed by atoms with E-state index in [-0.39, 0.29) is 6.04 Å². The Hall–Kier alpha value is -1.02. The van der Waals surface area contributed by atoms with Gasteiger partial charge in [-0.25, -0.2) is 0 Å². The molecule has 0 saturated heterocycles. The largest absolute Gasteiger partial charge is 0.508 e. The molecule has 1 aromatic rings. The molecular weight excluding hydrogens is 234 g/mol. The van der Waals surface area contributed by atoms with Crippen LogP contribution in [0.4, 0.5) is 0 Å². The molecule has 2 heteroatoms. The zero-order valence-electron chi connectivity index (χ0n) is 12.4. The molecule has 3 atom stereocenters. The maximum atomic E-state index is 10.0. The number of rotatable bonds is 4. The predicted molar refractivity (Wildman–Crippen MR) is 80.4 cm³/mol. The third-order valence-corrected chi connectivity index (χ3v) is 4.41. The smallest absolute Gasteiger partial charge is 0.120 e. The summed E-state index contributed by atoms with van der Waals surface area (Å²) in [5, 5.41) is 13.6. The minimum Gasteiger partial charge on any atom is -0.508 e. The van der Waals surface area contributed by atoms with Crippen LogP contribution in [-0.2, 0) is 0 Å². The van der Waals surface area contributed by atoms with Crippen molar-refractivity contribution < 1.29 is 5.11 Å². The molecule has 2 nitrogen and oxygen atoms in total. The highest BCUT2D eigenvalue weighted by Crippen LogP contribution is 2.29. The van der Waals surface area contributed by atoms with E-state index in [0.717, 1.165) is 29.5 Å². The number of aryl methyl sites for hydroxylation is 1. The Balaban J connectivity index is 1.88. The van der Waals surface area contributed by atoms with Crippen molar-refractivity contribution in [1.29, 1.82) is 0 Å². The maximum absolute atomic E-state index is 10.0. The molecule has 1 aliphatic carbocycles. The van der Waals surface area contributed by atoms with Gasteiger partial charge in [-0.05, 0) is 56.7 Å². The molecule has 1 saturated carbocycles. The normalized spacial score (nSPS) is 25.2. The van der Waals surface area contributed by atoms with E-state index in [1.807, 2.05) is 19.1 Å². The maximum Gasteiger partial charge on any atom is 0.120 e. The van der Waals surface area contributed by atoms with E-state index in [2.05, 4.69) is 25.2 Å². The van der Waals surface area contributed by atoms with Crippen LogP contribution in [0.1, 0.15) is 56.7 Å². The number of hydrogen-bond donors (Lipinski definition) is 2. The van der Waals surface area contributed by atoms with Crippen molar-refractivity contribution in [2.45, 2.75) is 52.5 Å². The third-order valence-electron chi connectivity index (χ3n) is 4.41. The molecule has 1 aromatic carbocycles. The molecule has 0 radical (unpaired) electrons. The Kier molecular flexibility index (Phi) is 4.87. The van der Waals surface area contributed by atoms with Crippen LogP contribution in [0, 0.1) is 18.8 Å². The molecule has 0 spiro atoms. The van der Waals surface area contributed by atoms with Gasteiger partial charge in [0, 0.05) is 11.6 Å². The van der Waals surface area contributed by atoms with Gasteiger partial charge in [0.1, 0.15) is 5.75 Å². The summed E-state index contributed by atoms with van der Waals surface area (Å²) >= 11 is 0. The standard InChI is InChI=1S/C17H27NO/c1-12-5-4-6-15(9-12)11-18-14(3)16-8-7-13(2)10-17(16)19/h7-8,10,12,14-15,18-19H,4-6,9,11H2,1-3H3. The molecule has 0 aromatic heterocycles. The highest BCUT2D eigenvalue weighted by molar-refractivity contribution is 5.37. The number of hydrogen-bond acceptors (Lipinski definition) is 2. The first-order chi connectivity index (χ1) is 9.06. The SMILES string of the molecule is Cc1ccc(C(C)NCC2CCCC(C)C2)c(O)c1. The van der Waals surface area contributed by atoms with E-state index < -0.39 is 0 Å².